The number of hydrogen-bond donors (Lipinski definition) is 0. The van der Waals surface area contributed by atoms with Crippen molar-refractivity contribution in [1.29, 1.82) is 0 Å². The van der Waals surface area contributed by atoms with Crippen molar-refractivity contribution in [2.75, 3.05) is 0 Å². The van der Waals surface area contributed by atoms with Gasteiger partial charge in [-0.1, -0.05) is 152 Å². The molecule has 0 aliphatic carbocycles. The minimum atomic E-state index is 0.624. The highest BCUT2D eigenvalue weighted by Gasteiger charge is 2.16. The number of imidazole rings is 1. The minimum Gasteiger partial charge on any atom is -0.292 e. The predicted octanol–water partition coefficient (Wildman–Crippen LogP) is 11.2. The van der Waals surface area contributed by atoms with Crippen LogP contribution in [0.25, 0.3) is 84.5 Å². The minimum absolute atomic E-state index is 0.624. The van der Waals surface area contributed by atoms with Crippen LogP contribution >= 0.6 is 0 Å². The molecule has 2 heterocycles. The monoisotopic (exact) mass is 653 g/mol. The Labute approximate surface area is 296 Å². The predicted molar refractivity (Wildman–Crippen MR) is 207 cm³/mol. The highest BCUT2D eigenvalue weighted by molar-refractivity contribution is 5.84. The van der Waals surface area contributed by atoms with Crippen LogP contribution in [-0.2, 0) is 0 Å². The highest BCUT2D eigenvalue weighted by Crippen LogP contribution is 2.33. The average Bonchev–Trinajstić information content (AvgIpc) is 3.62. The van der Waals surface area contributed by atoms with Gasteiger partial charge in [-0.05, 0) is 58.7 Å². The fourth-order valence-corrected chi connectivity index (χ4v) is 6.53. The summed E-state index contributed by atoms with van der Waals surface area (Å²) in [6.45, 7) is 0. The summed E-state index contributed by atoms with van der Waals surface area (Å²) in [5, 5.41) is 0. The normalized spacial score (nSPS) is 11.1. The van der Waals surface area contributed by atoms with Gasteiger partial charge in [0.15, 0.2) is 17.5 Å². The molecule has 2 aromatic heterocycles. The van der Waals surface area contributed by atoms with E-state index in [4.69, 9.17) is 19.9 Å². The first kappa shape index (κ1) is 30.1. The zero-order chi connectivity index (χ0) is 34.0. The lowest BCUT2D eigenvalue weighted by Crippen LogP contribution is -2.00. The number of benzene rings is 7. The SMILES string of the molecule is c1ccc(-c2cccc(-c3nc(-c4ccccc4)nc(-c4cccc(-c5ccc(-c6nc7ccccc7n6-c6ccccc6)cc5)c4)n3)c2)cc1. The van der Waals surface area contributed by atoms with Crippen molar-refractivity contribution in [2.24, 2.45) is 0 Å². The summed E-state index contributed by atoms with van der Waals surface area (Å²) in [5.74, 6) is 2.80. The van der Waals surface area contributed by atoms with E-state index in [0.29, 0.717) is 17.5 Å². The molecule has 0 amide bonds. The molecule has 5 nitrogen and oxygen atoms in total. The van der Waals surface area contributed by atoms with E-state index in [2.05, 4.69) is 144 Å². The van der Waals surface area contributed by atoms with Crippen LogP contribution in [0.2, 0.25) is 0 Å². The van der Waals surface area contributed by atoms with Crippen molar-refractivity contribution >= 4 is 11.0 Å². The standard InChI is InChI=1S/C46H31N5/c1-4-14-32(15-5-1)36-18-12-20-38(30-36)44-48-43(34-16-6-2-7-17-34)49-45(50-44)39-21-13-19-37(31-39)33-26-28-35(29-27-33)46-47-41-24-10-11-25-42(41)51(46)40-22-8-3-9-23-40/h1-31H. The summed E-state index contributed by atoms with van der Waals surface area (Å²) in [5.41, 5.74) is 11.4. The fraction of sp³-hybridized carbons (Fsp3) is 0. The van der Waals surface area contributed by atoms with E-state index in [-0.39, 0.29) is 0 Å². The molecule has 0 unspecified atom stereocenters. The maximum Gasteiger partial charge on any atom is 0.164 e. The summed E-state index contributed by atoms with van der Waals surface area (Å²) in [7, 11) is 0. The van der Waals surface area contributed by atoms with Crippen LogP contribution in [-0.4, -0.2) is 24.5 Å². The zero-order valence-electron chi connectivity index (χ0n) is 27.6. The van der Waals surface area contributed by atoms with E-state index >= 15 is 0 Å². The van der Waals surface area contributed by atoms with Crippen LogP contribution in [0.4, 0.5) is 0 Å². The molecule has 0 saturated heterocycles. The number of aromatic nitrogens is 5. The second kappa shape index (κ2) is 13.1. The van der Waals surface area contributed by atoms with E-state index in [1.807, 2.05) is 48.5 Å². The van der Waals surface area contributed by atoms with Gasteiger partial charge >= 0.3 is 0 Å². The zero-order valence-corrected chi connectivity index (χ0v) is 27.6. The summed E-state index contributed by atoms with van der Waals surface area (Å²) >= 11 is 0. The third-order valence-electron chi connectivity index (χ3n) is 9.07. The van der Waals surface area contributed by atoms with Crippen LogP contribution in [0.15, 0.2) is 188 Å². The van der Waals surface area contributed by atoms with E-state index in [1.165, 1.54) is 0 Å². The van der Waals surface area contributed by atoms with Gasteiger partial charge in [-0.3, -0.25) is 4.57 Å². The van der Waals surface area contributed by atoms with E-state index < -0.39 is 0 Å². The van der Waals surface area contributed by atoms with Gasteiger partial charge in [-0.25, -0.2) is 19.9 Å². The van der Waals surface area contributed by atoms with Gasteiger partial charge in [0.25, 0.3) is 0 Å². The summed E-state index contributed by atoms with van der Waals surface area (Å²) in [6, 6.07) is 64.5. The Morgan fingerprint density at radius 1 is 0.294 bits per heavy atom. The maximum atomic E-state index is 5.05. The largest absolute Gasteiger partial charge is 0.292 e. The van der Waals surface area contributed by atoms with Gasteiger partial charge in [0.2, 0.25) is 0 Å². The lowest BCUT2D eigenvalue weighted by Gasteiger charge is -2.11. The number of hydrogen-bond acceptors (Lipinski definition) is 4. The van der Waals surface area contributed by atoms with Crippen LogP contribution in [0.1, 0.15) is 0 Å². The Kier molecular flexibility index (Phi) is 7.76. The van der Waals surface area contributed by atoms with Crippen LogP contribution < -0.4 is 0 Å². The second-order valence-electron chi connectivity index (χ2n) is 12.4. The van der Waals surface area contributed by atoms with Crippen LogP contribution in [0.3, 0.4) is 0 Å². The molecule has 0 atom stereocenters. The van der Waals surface area contributed by atoms with Gasteiger partial charge in [0.1, 0.15) is 5.82 Å². The molecule has 9 rings (SSSR count). The molecule has 0 spiro atoms. The molecule has 0 saturated carbocycles. The topological polar surface area (TPSA) is 56.5 Å². The van der Waals surface area contributed by atoms with Crippen molar-refractivity contribution < 1.29 is 0 Å². The molecule has 9 aromatic rings. The molecule has 0 aliphatic heterocycles. The second-order valence-corrected chi connectivity index (χ2v) is 12.4. The number of rotatable bonds is 7. The van der Waals surface area contributed by atoms with Crippen molar-refractivity contribution in [3.8, 4) is 73.5 Å². The van der Waals surface area contributed by atoms with Gasteiger partial charge in [0.05, 0.1) is 11.0 Å². The van der Waals surface area contributed by atoms with Gasteiger partial charge in [-0.2, -0.15) is 0 Å². The Balaban J connectivity index is 1.10. The molecule has 0 N–H and O–H groups in total. The van der Waals surface area contributed by atoms with Crippen LogP contribution in [0.5, 0.6) is 0 Å². The molecule has 0 bridgehead atoms. The molecule has 51 heavy (non-hydrogen) atoms. The Hall–Kier alpha value is -6.98. The Morgan fingerprint density at radius 2 is 0.725 bits per heavy atom. The average molecular weight is 654 g/mol. The Morgan fingerprint density at radius 3 is 1.33 bits per heavy atom. The summed E-state index contributed by atoms with van der Waals surface area (Å²) < 4.78 is 2.23. The third kappa shape index (κ3) is 5.98. The molecule has 5 heteroatoms. The molecule has 0 fully saturated rings. The quantitative estimate of drug-likeness (QED) is 0.172. The van der Waals surface area contributed by atoms with E-state index in [9.17, 15) is 0 Å². The Bertz CT molecular complexity index is 2610. The van der Waals surface area contributed by atoms with Gasteiger partial charge < -0.3 is 0 Å². The number of para-hydroxylation sites is 3. The molecule has 0 aliphatic rings. The van der Waals surface area contributed by atoms with Crippen molar-refractivity contribution in [2.45, 2.75) is 0 Å². The summed E-state index contributed by atoms with van der Waals surface area (Å²) in [6.07, 6.45) is 0. The van der Waals surface area contributed by atoms with Crippen molar-refractivity contribution in [1.82, 2.24) is 24.5 Å². The molecule has 7 aromatic carbocycles. The van der Waals surface area contributed by atoms with Crippen molar-refractivity contribution in [3.05, 3.63) is 188 Å². The first-order valence-corrected chi connectivity index (χ1v) is 17.0. The fourth-order valence-electron chi connectivity index (χ4n) is 6.53. The first-order chi connectivity index (χ1) is 25.3. The molecule has 240 valence electrons. The third-order valence-corrected chi connectivity index (χ3v) is 9.07. The maximum absolute atomic E-state index is 5.05. The molecule has 0 radical (unpaired) electrons. The van der Waals surface area contributed by atoms with E-state index in [0.717, 1.165) is 67.1 Å². The van der Waals surface area contributed by atoms with Gasteiger partial charge in [0, 0.05) is 27.9 Å². The molecular weight excluding hydrogens is 623 g/mol. The lowest BCUT2D eigenvalue weighted by atomic mass is 10.0. The number of fused-ring (bicyclic) bond motifs is 1. The van der Waals surface area contributed by atoms with Crippen LogP contribution in [0, 0.1) is 0 Å². The first-order valence-electron chi connectivity index (χ1n) is 17.0. The summed E-state index contributed by atoms with van der Waals surface area (Å²) in [4.78, 5) is 20.1. The molecular formula is C46H31N5. The lowest BCUT2D eigenvalue weighted by molar-refractivity contribution is 1.07. The van der Waals surface area contributed by atoms with E-state index in [1.54, 1.807) is 0 Å². The highest BCUT2D eigenvalue weighted by atomic mass is 15.1. The smallest absolute Gasteiger partial charge is 0.164 e. The van der Waals surface area contributed by atoms with Gasteiger partial charge in [-0.15, -0.1) is 0 Å². The number of nitrogens with zero attached hydrogens (tertiary/aromatic N) is 5. The van der Waals surface area contributed by atoms with Crippen molar-refractivity contribution in [3.63, 3.8) is 0 Å².